The van der Waals surface area contributed by atoms with Crippen LogP contribution >= 0.6 is 15.9 Å². The van der Waals surface area contributed by atoms with E-state index >= 15 is 0 Å². The van der Waals surface area contributed by atoms with Gasteiger partial charge < -0.3 is 0 Å². The molecule has 0 amide bonds. The molecular weight excluding hydrogens is 263 g/mol. The zero-order valence-corrected chi connectivity index (χ0v) is 9.79. The molecule has 0 atom stereocenters. The fraction of sp³-hybridized carbons (Fsp3) is 0.222. The third-order valence-corrected chi connectivity index (χ3v) is 2.70. The van der Waals surface area contributed by atoms with Gasteiger partial charge in [0.05, 0.1) is 10.2 Å². The first-order valence-corrected chi connectivity index (χ1v) is 5.10. The maximum Gasteiger partial charge on any atom is 0.153 e. The van der Waals surface area contributed by atoms with Gasteiger partial charge in [-0.25, -0.2) is 4.39 Å². The molecule has 6 heteroatoms. The van der Waals surface area contributed by atoms with Gasteiger partial charge in [-0.3, -0.25) is 0 Å². The maximum absolute atomic E-state index is 13.2. The summed E-state index contributed by atoms with van der Waals surface area (Å²) in [5.74, 6) is 0.374. The van der Waals surface area contributed by atoms with Crippen LogP contribution in [0.15, 0.2) is 16.6 Å². The summed E-state index contributed by atoms with van der Waals surface area (Å²) >= 11 is 3.13. The van der Waals surface area contributed by atoms with Crippen molar-refractivity contribution in [1.29, 1.82) is 0 Å². The van der Waals surface area contributed by atoms with E-state index in [9.17, 15) is 4.39 Å². The van der Waals surface area contributed by atoms with Gasteiger partial charge in [0.25, 0.3) is 0 Å². The Morgan fingerprint density at radius 2 is 2.07 bits per heavy atom. The average Bonchev–Trinajstić information content (AvgIpc) is 2.58. The predicted molar refractivity (Wildman–Crippen MR) is 56.3 cm³/mol. The first kappa shape index (κ1) is 10.2. The Kier molecular flexibility index (Phi) is 2.52. The average molecular weight is 271 g/mol. The van der Waals surface area contributed by atoms with Gasteiger partial charge in [0, 0.05) is 0 Å². The molecule has 4 nitrogen and oxygen atoms in total. The van der Waals surface area contributed by atoms with Crippen LogP contribution in [0.5, 0.6) is 0 Å². The zero-order chi connectivity index (χ0) is 11.0. The van der Waals surface area contributed by atoms with Crippen molar-refractivity contribution in [2.75, 3.05) is 0 Å². The number of halogens is 2. The van der Waals surface area contributed by atoms with Gasteiger partial charge in [0.15, 0.2) is 5.82 Å². The van der Waals surface area contributed by atoms with Crippen molar-refractivity contribution in [3.8, 4) is 5.69 Å². The highest BCUT2D eigenvalue weighted by molar-refractivity contribution is 9.10. The van der Waals surface area contributed by atoms with Crippen LogP contribution in [0.4, 0.5) is 4.39 Å². The second-order valence-electron chi connectivity index (χ2n) is 3.19. The van der Waals surface area contributed by atoms with E-state index in [1.807, 2.05) is 6.92 Å². The summed E-state index contributed by atoms with van der Waals surface area (Å²) in [6.07, 6.45) is 0. The molecule has 0 bridgehead atoms. The summed E-state index contributed by atoms with van der Waals surface area (Å²) < 4.78 is 15.2. The van der Waals surface area contributed by atoms with E-state index in [2.05, 4.69) is 31.5 Å². The van der Waals surface area contributed by atoms with Crippen molar-refractivity contribution in [1.82, 2.24) is 20.2 Å². The van der Waals surface area contributed by atoms with E-state index < -0.39 is 0 Å². The Balaban J connectivity index is 2.64. The van der Waals surface area contributed by atoms with Gasteiger partial charge in [-0.05, 0) is 57.9 Å². The molecule has 1 heterocycles. The zero-order valence-electron chi connectivity index (χ0n) is 8.20. The number of aromatic nitrogens is 4. The summed E-state index contributed by atoms with van der Waals surface area (Å²) in [5.41, 5.74) is 1.55. The standard InChI is InChI=1S/C9H8BrFN4/c1-5-3-8(11)7(10)4-9(5)15-6(2)12-13-14-15/h3-4H,1-2H3. The van der Waals surface area contributed by atoms with Crippen LogP contribution in [0.25, 0.3) is 5.69 Å². The smallest absolute Gasteiger partial charge is 0.153 e. The molecule has 0 saturated carbocycles. The molecule has 2 rings (SSSR count). The summed E-state index contributed by atoms with van der Waals surface area (Å²) in [4.78, 5) is 0. The fourth-order valence-electron chi connectivity index (χ4n) is 1.32. The van der Waals surface area contributed by atoms with Gasteiger partial charge in [-0.2, -0.15) is 4.68 Å². The number of benzene rings is 1. The number of hydrogen-bond donors (Lipinski definition) is 0. The van der Waals surface area contributed by atoms with Gasteiger partial charge >= 0.3 is 0 Å². The highest BCUT2D eigenvalue weighted by Crippen LogP contribution is 2.23. The molecule has 0 N–H and O–H groups in total. The lowest BCUT2D eigenvalue weighted by atomic mass is 10.2. The lowest BCUT2D eigenvalue weighted by Gasteiger charge is -2.07. The van der Waals surface area contributed by atoms with Crippen LogP contribution in [0.2, 0.25) is 0 Å². The minimum atomic E-state index is -0.290. The Hall–Kier alpha value is -1.30. The number of hydrogen-bond acceptors (Lipinski definition) is 3. The molecule has 0 aliphatic carbocycles. The van der Waals surface area contributed by atoms with Gasteiger partial charge in [-0.15, -0.1) is 5.10 Å². The van der Waals surface area contributed by atoms with Crippen LogP contribution in [0.3, 0.4) is 0 Å². The normalized spacial score (nSPS) is 10.7. The molecule has 0 aliphatic rings. The highest BCUT2D eigenvalue weighted by Gasteiger charge is 2.10. The second-order valence-corrected chi connectivity index (χ2v) is 4.05. The highest BCUT2D eigenvalue weighted by atomic mass is 79.9. The van der Waals surface area contributed by atoms with Crippen LogP contribution < -0.4 is 0 Å². The summed E-state index contributed by atoms with van der Waals surface area (Å²) in [5, 5.41) is 11.2. The topological polar surface area (TPSA) is 43.6 Å². The summed E-state index contributed by atoms with van der Waals surface area (Å²) in [6, 6.07) is 3.11. The number of rotatable bonds is 1. The van der Waals surface area contributed by atoms with E-state index in [0.29, 0.717) is 10.3 Å². The minimum Gasteiger partial charge on any atom is -0.206 e. The second kappa shape index (κ2) is 3.69. The van der Waals surface area contributed by atoms with Crippen LogP contribution in [0, 0.1) is 19.7 Å². The first-order chi connectivity index (χ1) is 7.09. The van der Waals surface area contributed by atoms with Crippen molar-refractivity contribution in [2.45, 2.75) is 13.8 Å². The molecule has 1 aromatic heterocycles. The first-order valence-electron chi connectivity index (χ1n) is 4.30. The molecule has 2 aromatic rings. The summed E-state index contributed by atoms with van der Waals surface area (Å²) in [7, 11) is 0. The number of nitrogens with zero attached hydrogens (tertiary/aromatic N) is 4. The van der Waals surface area contributed by atoms with E-state index in [1.165, 1.54) is 6.07 Å². The molecule has 0 aliphatic heterocycles. The van der Waals surface area contributed by atoms with Crippen LogP contribution in [0.1, 0.15) is 11.4 Å². The SMILES string of the molecule is Cc1cc(F)c(Br)cc1-n1nnnc1C. The Bertz CT molecular complexity index is 509. The summed E-state index contributed by atoms with van der Waals surface area (Å²) in [6.45, 7) is 3.60. The molecule has 78 valence electrons. The lowest BCUT2D eigenvalue weighted by Crippen LogP contribution is -2.02. The minimum absolute atomic E-state index is 0.290. The van der Waals surface area contributed by atoms with Gasteiger partial charge in [-0.1, -0.05) is 0 Å². The van der Waals surface area contributed by atoms with Crippen molar-refractivity contribution in [3.63, 3.8) is 0 Å². The van der Waals surface area contributed by atoms with Crippen molar-refractivity contribution >= 4 is 15.9 Å². The Morgan fingerprint density at radius 1 is 1.33 bits per heavy atom. The molecule has 0 spiro atoms. The number of tetrazole rings is 1. The Labute approximate surface area is 94.2 Å². The van der Waals surface area contributed by atoms with Crippen LogP contribution in [-0.4, -0.2) is 20.2 Å². The molecular formula is C9H8BrFN4. The Morgan fingerprint density at radius 3 is 2.67 bits per heavy atom. The molecule has 1 aromatic carbocycles. The predicted octanol–water partition coefficient (Wildman–Crippen LogP) is 2.18. The molecule has 0 fully saturated rings. The maximum atomic E-state index is 13.2. The monoisotopic (exact) mass is 270 g/mol. The van der Waals surface area contributed by atoms with E-state index in [-0.39, 0.29) is 5.82 Å². The van der Waals surface area contributed by atoms with E-state index in [1.54, 1.807) is 17.7 Å². The van der Waals surface area contributed by atoms with E-state index in [0.717, 1.165) is 11.3 Å². The number of aryl methyl sites for hydroxylation is 2. The van der Waals surface area contributed by atoms with Crippen LogP contribution in [-0.2, 0) is 0 Å². The van der Waals surface area contributed by atoms with E-state index in [4.69, 9.17) is 0 Å². The largest absolute Gasteiger partial charge is 0.206 e. The third kappa shape index (κ3) is 1.77. The van der Waals surface area contributed by atoms with Gasteiger partial charge in [0.2, 0.25) is 0 Å². The molecule has 0 radical (unpaired) electrons. The fourth-order valence-corrected chi connectivity index (χ4v) is 1.65. The molecule has 15 heavy (non-hydrogen) atoms. The van der Waals surface area contributed by atoms with Gasteiger partial charge in [0.1, 0.15) is 5.82 Å². The third-order valence-electron chi connectivity index (χ3n) is 2.09. The quantitative estimate of drug-likeness (QED) is 0.798. The molecule has 0 unspecified atom stereocenters. The van der Waals surface area contributed by atoms with Crippen molar-refractivity contribution in [3.05, 3.63) is 33.8 Å². The molecule has 0 saturated heterocycles. The van der Waals surface area contributed by atoms with Crippen molar-refractivity contribution < 1.29 is 4.39 Å². The lowest BCUT2D eigenvalue weighted by molar-refractivity contribution is 0.618. The van der Waals surface area contributed by atoms with Crippen molar-refractivity contribution in [2.24, 2.45) is 0 Å².